The maximum atomic E-state index is 12.3. The van der Waals surface area contributed by atoms with Crippen molar-refractivity contribution in [2.45, 2.75) is 25.5 Å². The first kappa shape index (κ1) is 15.0. The fourth-order valence-corrected chi connectivity index (χ4v) is 3.52. The predicted octanol–water partition coefficient (Wildman–Crippen LogP) is 1.78. The van der Waals surface area contributed by atoms with Crippen LogP contribution in [0, 0.1) is 0 Å². The minimum absolute atomic E-state index is 0.0193. The fourth-order valence-electron chi connectivity index (χ4n) is 2.12. The van der Waals surface area contributed by atoms with Crippen LogP contribution in [0.2, 0.25) is 0 Å². The van der Waals surface area contributed by atoms with Gasteiger partial charge in [0, 0.05) is 6.04 Å². The zero-order valence-corrected chi connectivity index (χ0v) is 11.5. The highest BCUT2D eigenvalue weighted by atomic mass is 32.2. The Balaban J connectivity index is 2.08. The van der Waals surface area contributed by atoms with Crippen molar-refractivity contribution in [3.05, 3.63) is 24.3 Å². The zero-order chi connectivity index (χ0) is 14.6. The maximum Gasteiger partial charge on any atom is 0.387 e. The van der Waals surface area contributed by atoms with E-state index in [0.717, 1.165) is 19.4 Å². The molecule has 20 heavy (non-hydrogen) atoms. The van der Waals surface area contributed by atoms with Gasteiger partial charge in [0.2, 0.25) is 10.0 Å². The van der Waals surface area contributed by atoms with E-state index in [1.54, 1.807) is 6.07 Å². The van der Waals surface area contributed by atoms with Crippen LogP contribution in [-0.4, -0.2) is 33.4 Å². The number of alkyl halides is 2. The molecule has 112 valence electrons. The minimum atomic E-state index is -3.61. The Morgan fingerprint density at radius 2 is 2.15 bits per heavy atom. The van der Waals surface area contributed by atoms with Crippen molar-refractivity contribution in [3.8, 4) is 5.75 Å². The Kier molecular flexibility index (Phi) is 4.77. The Bertz CT molecular complexity index is 545. The first-order chi connectivity index (χ1) is 9.46. The van der Waals surface area contributed by atoms with Gasteiger partial charge in [0.05, 0.1) is 11.4 Å². The molecule has 0 amide bonds. The number of hydrogen-bond acceptors (Lipinski definition) is 4. The van der Waals surface area contributed by atoms with E-state index < -0.39 is 16.6 Å². The predicted molar refractivity (Wildman–Crippen MR) is 71.5 cm³/mol. The zero-order valence-electron chi connectivity index (χ0n) is 10.7. The lowest BCUT2D eigenvalue weighted by molar-refractivity contribution is -0.0493. The first-order valence-corrected chi connectivity index (χ1v) is 7.89. The number of rotatable bonds is 6. The molecule has 1 fully saturated rings. The van der Waals surface area contributed by atoms with Crippen molar-refractivity contribution in [1.29, 1.82) is 0 Å². The fraction of sp³-hybridized carbons (Fsp3) is 0.500. The Hall–Kier alpha value is -1.41. The van der Waals surface area contributed by atoms with Crippen LogP contribution in [0.3, 0.4) is 0 Å². The molecule has 0 radical (unpaired) electrons. The molecule has 2 rings (SSSR count). The average molecular weight is 306 g/mol. The summed E-state index contributed by atoms with van der Waals surface area (Å²) in [4.78, 5) is 0. The van der Waals surface area contributed by atoms with Crippen LogP contribution >= 0.6 is 0 Å². The van der Waals surface area contributed by atoms with Crippen LogP contribution in [0.25, 0.3) is 0 Å². The van der Waals surface area contributed by atoms with E-state index in [0.29, 0.717) is 0 Å². The highest BCUT2D eigenvalue weighted by Crippen LogP contribution is 2.26. The van der Waals surface area contributed by atoms with Gasteiger partial charge in [-0.05, 0) is 31.5 Å². The van der Waals surface area contributed by atoms with Gasteiger partial charge >= 0.3 is 6.61 Å². The molecule has 1 unspecified atom stereocenters. The monoisotopic (exact) mass is 306 g/mol. The molecular weight excluding hydrogens is 290 g/mol. The molecule has 1 saturated heterocycles. The summed E-state index contributed by atoms with van der Waals surface area (Å²) in [5, 5.41) is 3.07. The van der Waals surface area contributed by atoms with Gasteiger partial charge in [-0.1, -0.05) is 12.1 Å². The number of nitrogens with one attached hydrogen (secondary N) is 2. The van der Waals surface area contributed by atoms with Gasteiger partial charge in [-0.3, -0.25) is 4.72 Å². The van der Waals surface area contributed by atoms with E-state index in [1.165, 1.54) is 18.2 Å². The van der Waals surface area contributed by atoms with E-state index >= 15 is 0 Å². The summed E-state index contributed by atoms with van der Waals surface area (Å²) in [6.45, 7) is -2.21. The molecule has 2 N–H and O–H groups in total. The third kappa shape index (κ3) is 4.31. The molecule has 1 aromatic rings. The SMILES string of the molecule is O=S(=O)(CC1CCCN1)Nc1ccccc1OC(F)F. The molecule has 0 aliphatic carbocycles. The summed E-state index contributed by atoms with van der Waals surface area (Å²) in [6, 6.07) is 5.61. The summed E-state index contributed by atoms with van der Waals surface area (Å²) >= 11 is 0. The quantitative estimate of drug-likeness (QED) is 0.841. The second-order valence-electron chi connectivity index (χ2n) is 4.55. The van der Waals surface area contributed by atoms with Gasteiger partial charge in [-0.25, -0.2) is 8.42 Å². The second-order valence-corrected chi connectivity index (χ2v) is 6.32. The number of halogens is 2. The van der Waals surface area contributed by atoms with E-state index in [4.69, 9.17) is 0 Å². The second kappa shape index (κ2) is 6.36. The normalized spacial score (nSPS) is 19.2. The molecule has 8 heteroatoms. The van der Waals surface area contributed by atoms with Crippen molar-refractivity contribution in [2.24, 2.45) is 0 Å². The molecule has 0 spiro atoms. The number of anilines is 1. The largest absolute Gasteiger partial charge is 0.433 e. The van der Waals surface area contributed by atoms with Gasteiger partial charge in [0.25, 0.3) is 0 Å². The van der Waals surface area contributed by atoms with Gasteiger partial charge in [-0.2, -0.15) is 8.78 Å². The van der Waals surface area contributed by atoms with Crippen molar-refractivity contribution in [1.82, 2.24) is 5.32 Å². The summed E-state index contributed by atoms with van der Waals surface area (Å²) in [7, 11) is -3.61. The third-order valence-electron chi connectivity index (χ3n) is 2.95. The minimum Gasteiger partial charge on any atom is -0.433 e. The molecule has 0 aromatic heterocycles. The van der Waals surface area contributed by atoms with Gasteiger partial charge in [0.15, 0.2) is 0 Å². The lowest BCUT2D eigenvalue weighted by Gasteiger charge is -2.15. The van der Waals surface area contributed by atoms with E-state index in [9.17, 15) is 17.2 Å². The molecule has 0 bridgehead atoms. The molecule has 1 aromatic carbocycles. The molecule has 1 heterocycles. The van der Waals surface area contributed by atoms with Crippen molar-refractivity contribution in [2.75, 3.05) is 17.0 Å². The number of hydrogen-bond donors (Lipinski definition) is 2. The maximum absolute atomic E-state index is 12.3. The number of benzene rings is 1. The van der Waals surface area contributed by atoms with Crippen molar-refractivity contribution < 1.29 is 21.9 Å². The summed E-state index contributed by atoms with van der Waals surface area (Å²) in [6.07, 6.45) is 1.72. The molecule has 5 nitrogen and oxygen atoms in total. The van der Waals surface area contributed by atoms with Crippen LogP contribution in [0.5, 0.6) is 5.75 Å². The summed E-state index contributed by atoms with van der Waals surface area (Å²) in [5.74, 6) is -0.277. The highest BCUT2D eigenvalue weighted by Gasteiger charge is 2.23. The Labute approximate surface area is 116 Å². The van der Waals surface area contributed by atoms with Crippen LogP contribution < -0.4 is 14.8 Å². The van der Waals surface area contributed by atoms with Gasteiger partial charge < -0.3 is 10.1 Å². The van der Waals surface area contributed by atoms with Crippen LogP contribution in [-0.2, 0) is 10.0 Å². The topological polar surface area (TPSA) is 67.4 Å². The highest BCUT2D eigenvalue weighted by molar-refractivity contribution is 7.92. The number of sulfonamides is 1. The lowest BCUT2D eigenvalue weighted by Crippen LogP contribution is -2.32. The van der Waals surface area contributed by atoms with E-state index in [2.05, 4.69) is 14.8 Å². The van der Waals surface area contributed by atoms with Crippen LogP contribution in [0.4, 0.5) is 14.5 Å². The molecule has 0 saturated carbocycles. The smallest absolute Gasteiger partial charge is 0.387 e. The van der Waals surface area contributed by atoms with Crippen LogP contribution in [0.1, 0.15) is 12.8 Å². The lowest BCUT2D eigenvalue weighted by atomic mass is 10.3. The van der Waals surface area contributed by atoms with Crippen LogP contribution in [0.15, 0.2) is 24.3 Å². The Morgan fingerprint density at radius 1 is 1.40 bits per heavy atom. The molecule has 1 aliphatic rings. The van der Waals surface area contributed by atoms with E-state index in [1.807, 2.05) is 0 Å². The molecule has 1 atom stereocenters. The average Bonchev–Trinajstić information content (AvgIpc) is 2.82. The molecular formula is C12H16F2N2O3S. The van der Waals surface area contributed by atoms with Gasteiger partial charge in [-0.15, -0.1) is 0 Å². The first-order valence-electron chi connectivity index (χ1n) is 6.24. The van der Waals surface area contributed by atoms with E-state index in [-0.39, 0.29) is 23.2 Å². The van der Waals surface area contributed by atoms with Crippen molar-refractivity contribution >= 4 is 15.7 Å². The number of ether oxygens (including phenoxy) is 1. The van der Waals surface area contributed by atoms with Crippen molar-refractivity contribution in [3.63, 3.8) is 0 Å². The Morgan fingerprint density at radius 3 is 2.80 bits per heavy atom. The standard InChI is InChI=1S/C12H16F2N2O3S/c13-12(14)19-11-6-2-1-5-10(11)16-20(17,18)8-9-4-3-7-15-9/h1-2,5-6,9,12,15-16H,3-4,7-8H2. The third-order valence-corrected chi connectivity index (χ3v) is 4.32. The summed E-state index contributed by atoms with van der Waals surface area (Å²) in [5.41, 5.74) is 0.0193. The summed E-state index contributed by atoms with van der Waals surface area (Å²) < 4.78 is 55.1. The molecule has 1 aliphatic heterocycles. The number of para-hydroxylation sites is 2. The van der Waals surface area contributed by atoms with Gasteiger partial charge in [0.1, 0.15) is 5.75 Å².